The standard InChI is InChI=1S/CH2O4.Co.2Mn/c2-1(3)4-5-1;;;/h2-3H;;;. The molecule has 8 heavy (non-hydrogen) atoms. The molecule has 1 saturated heterocycles. The van der Waals surface area contributed by atoms with E-state index in [1.807, 2.05) is 0 Å². The second-order valence-corrected chi connectivity index (χ2v) is 0.715. The molecular weight excluding hydrogens is 245 g/mol. The Labute approximate surface area is 77.0 Å². The third kappa shape index (κ3) is 7.39. The van der Waals surface area contributed by atoms with Crippen LogP contribution in [0, 0.1) is 0 Å². The minimum Gasteiger partial charge on any atom is -0.315 e. The van der Waals surface area contributed by atoms with Gasteiger partial charge < -0.3 is 10.2 Å². The van der Waals surface area contributed by atoms with Gasteiger partial charge in [-0.2, -0.15) is 0 Å². The van der Waals surface area contributed by atoms with Crippen LogP contribution in [0.15, 0.2) is 0 Å². The Morgan fingerprint density at radius 3 is 1.12 bits per heavy atom. The summed E-state index contributed by atoms with van der Waals surface area (Å²) in [5, 5.41) is 15.5. The van der Waals surface area contributed by atoms with Gasteiger partial charge in [0.1, 0.15) is 0 Å². The van der Waals surface area contributed by atoms with E-state index in [-0.39, 0.29) is 50.9 Å². The van der Waals surface area contributed by atoms with Crippen molar-refractivity contribution in [3.05, 3.63) is 0 Å². The summed E-state index contributed by atoms with van der Waals surface area (Å²) in [4.78, 5) is 7.01. The van der Waals surface area contributed by atoms with Crippen molar-refractivity contribution in [3.63, 3.8) is 0 Å². The van der Waals surface area contributed by atoms with Crippen LogP contribution in [-0.4, -0.2) is 16.4 Å². The Morgan fingerprint density at radius 1 is 1.00 bits per heavy atom. The summed E-state index contributed by atoms with van der Waals surface area (Å²) in [6, 6.07) is 0. The van der Waals surface area contributed by atoms with Crippen LogP contribution >= 0.6 is 0 Å². The molecular formula is CH2CoMn2O4. The van der Waals surface area contributed by atoms with Crippen molar-refractivity contribution in [3.8, 4) is 0 Å². The first-order valence-electron chi connectivity index (χ1n) is 1.02. The minimum absolute atomic E-state index is 0. The average Bonchev–Trinajstić information content (AvgIpc) is 1.76. The maximum Gasteiger partial charge on any atom is 0.461 e. The van der Waals surface area contributed by atoms with Gasteiger partial charge in [-0.1, -0.05) is 0 Å². The molecule has 0 atom stereocenters. The van der Waals surface area contributed by atoms with Gasteiger partial charge in [0.05, 0.1) is 0 Å². The van der Waals surface area contributed by atoms with E-state index in [0.29, 0.717) is 0 Å². The first-order chi connectivity index (χ1) is 2.21. The maximum atomic E-state index is 7.74. The number of aliphatic hydroxyl groups is 2. The smallest absolute Gasteiger partial charge is 0.315 e. The zero-order chi connectivity index (χ0) is 3.91. The molecule has 4 nitrogen and oxygen atoms in total. The molecule has 0 bridgehead atoms. The van der Waals surface area contributed by atoms with Crippen molar-refractivity contribution in [2.75, 3.05) is 0 Å². The van der Waals surface area contributed by atoms with E-state index in [1.54, 1.807) is 0 Å². The van der Waals surface area contributed by atoms with Crippen molar-refractivity contribution in [2.45, 2.75) is 6.16 Å². The minimum atomic E-state index is -2.25. The molecule has 0 aromatic rings. The van der Waals surface area contributed by atoms with Crippen LogP contribution in [0.1, 0.15) is 0 Å². The van der Waals surface area contributed by atoms with Gasteiger partial charge in [-0.25, -0.2) is 0 Å². The van der Waals surface area contributed by atoms with Gasteiger partial charge in [0.15, 0.2) is 0 Å². The van der Waals surface area contributed by atoms with E-state index in [9.17, 15) is 0 Å². The molecule has 3 radical (unpaired) electrons. The van der Waals surface area contributed by atoms with Gasteiger partial charge >= 0.3 is 6.16 Å². The number of rotatable bonds is 0. The fourth-order valence-electron chi connectivity index (χ4n) is 0.0373. The molecule has 1 aliphatic heterocycles. The van der Waals surface area contributed by atoms with Crippen molar-refractivity contribution >= 4 is 0 Å². The fraction of sp³-hybridized carbons (Fsp3) is 1.00. The van der Waals surface area contributed by atoms with Gasteiger partial charge in [0.25, 0.3) is 0 Å². The molecule has 1 heterocycles. The largest absolute Gasteiger partial charge is 0.461 e. The number of hydrogen-bond donors (Lipinski definition) is 2. The third-order valence-corrected chi connectivity index (χ3v) is 0.232. The summed E-state index contributed by atoms with van der Waals surface area (Å²) < 4.78 is 0. The Hall–Kier alpha value is 1.39. The molecule has 0 spiro atoms. The maximum absolute atomic E-state index is 7.74. The molecule has 0 unspecified atom stereocenters. The molecule has 0 amide bonds. The summed E-state index contributed by atoms with van der Waals surface area (Å²) in [6.07, 6.45) is -2.25. The first-order valence-corrected chi connectivity index (χ1v) is 1.02. The summed E-state index contributed by atoms with van der Waals surface area (Å²) in [7, 11) is 0. The first kappa shape index (κ1) is 16.2. The van der Waals surface area contributed by atoms with Gasteiger partial charge in [-0.3, -0.25) is 0 Å². The quantitative estimate of drug-likeness (QED) is 0.237. The molecule has 0 aliphatic carbocycles. The van der Waals surface area contributed by atoms with Crippen LogP contribution in [0.5, 0.6) is 0 Å². The summed E-state index contributed by atoms with van der Waals surface area (Å²) in [5.74, 6) is 0. The third-order valence-electron chi connectivity index (χ3n) is 0.232. The van der Waals surface area contributed by atoms with Crippen molar-refractivity contribution in [2.24, 2.45) is 0 Å². The summed E-state index contributed by atoms with van der Waals surface area (Å²) in [5.41, 5.74) is 0. The van der Waals surface area contributed by atoms with Crippen LogP contribution in [0.4, 0.5) is 0 Å². The molecule has 7 heteroatoms. The van der Waals surface area contributed by atoms with Crippen molar-refractivity contribution in [1.29, 1.82) is 0 Å². The van der Waals surface area contributed by atoms with Gasteiger partial charge in [0, 0.05) is 50.9 Å². The van der Waals surface area contributed by atoms with E-state index < -0.39 is 6.16 Å². The molecule has 1 aliphatic rings. The Morgan fingerprint density at radius 2 is 1.12 bits per heavy atom. The molecule has 1 fully saturated rings. The molecule has 0 saturated carbocycles. The topological polar surface area (TPSA) is 65.5 Å². The summed E-state index contributed by atoms with van der Waals surface area (Å²) in [6.45, 7) is 0. The Balaban J connectivity index is -0.0000000833. The summed E-state index contributed by atoms with van der Waals surface area (Å²) >= 11 is 0. The van der Waals surface area contributed by atoms with Gasteiger partial charge in [-0.15, -0.1) is 9.78 Å². The zero-order valence-corrected chi connectivity index (χ0v) is 6.70. The van der Waals surface area contributed by atoms with Crippen molar-refractivity contribution in [1.82, 2.24) is 0 Å². The van der Waals surface area contributed by atoms with Gasteiger partial charge in [0.2, 0.25) is 0 Å². The predicted octanol–water partition coefficient (Wildman–Crippen LogP) is -1.46. The monoisotopic (exact) mass is 247 g/mol. The Bertz CT molecular complexity index is 52.0. The molecule has 1 rings (SSSR count). The predicted molar refractivity (Wildman–Crippen MR) is 9.34 cm³/mol. The SMILES string of the molecule is OC1(O)OO1.[Co].[Mn].[Mn]. The van der Waals surface area contributed by atoms with Crippen molar-refractivity contribution < 1.29 is 70.9 Å². The van der Waals surface area contributed by atoms with E-state index in [2.05, 4.69) is 9.78 Å². The normalized spacial score (nSPS) is 18.8. The van der Waals surface area contributed by atoms with E-state index in [4.69, 9.17) is 10.2 Å². The average molecular weight is 247 g/mol. The van der Waals surface area contributed by atoms with E-state index >= 15 is 0 Å². The molecule has 0 aromatic heterocycles. The number of hydrogen-bond acceptors (Lipinski definition) is 4. The van der Waals surface area contributed by atoms with Crippen LogP contribution in [0.3, 0.4) is 0 Å². The van der Waals surface area contributed by atoms with Gasteiger partial charge in [-0.05, 0) is 0 Å². The van der Waals surface area contributed by atoms with Crippen LogP contribution < -0.4 is 0 Å². The van der Waals surface area contributed by atoms with Crippen LogP contribution in [0.25, 0.3) is 0 Å². The Kier molecular flexibility index (Phi) is 10.5. The van der Waals surface area contributed by atoms with Crippen LogP contribution in [0.2, 0.25) is 0 Å². The van der Waals surface area contributed by atoms with E-state index in [0.717, 1.165) is 0 Å². The molecule has 53 valence electrons. The zero-order valence-electron chi connectivity index (χ0n) is 3.30. The van der Waals surface area contributed by atoms with Crippen LogP contribution in [-0.2, 0) is 60.7 Å². The van der Waals surface area contributed by atoms with E-state index in [1.165, 1.54) is 0 Å². The second kappa shape index (κ2) is 5.19. The fourth-order valence-corrected chi connectivity index (χ4v) is 0.0373. The molecule has 0 aromatic carbocycles. The molecule has 2 N–H and O–H groups in total. The second-order valence-electron chi connectivity index (χ2n) is 0.715.